The summed E-state index contributed by atoms with van der Waals surface area (Å²) in [5, 5.41) is 3.25. The minimum Gasteiger partial charge on any atom is -0.336 e. The van der Waals surface area contributed by atoms with Crippen molar-refractivity contribution in [3.8, 4) is 0 Å². The second-order valence-electron chi connectivity index (χ2n) is 6.66. The number of aromatic amines is 1. The lowest BCUT2D eigenvalue weighted by Gasteiger charge is -2.27. The van der Waals surface area contributed by atoms with Gasteiger partial charge in [0.05, 0.1) is 5.56 Å². The monoisotopic (exact) mass is 429 g/mol. The average molecular weight is 430 g/mol. The van der Waals surface area contributed by atoms with Crippen LogP contribution in [0.5, 0.6) is 0 Å². The fourth-order valence-electron chi connectivity index (χ4n) is 3.16. The molecule has 0 saturated heterocycles. The summed E-state index contributed by atoms with van der Waals surface area (Å²) >= 11 is 5.94. The van der Waals surface area contributed by atoms with Gasteiger partial charge >= 0.3 is 6.18 Å². The molecular formula is C22H15ClF3N3O. The number of benzene rings is 2. The Kier molecular flexibility index (Phi) is 4.91. The Morgan fingerprint density at radius 2 is 1.80 bits per heavy atom. The van der Waals surface area contributed by atoms with Gasteiger partial charge in [-0.3, -0.25) is 9.69 Å². The van der Waals surface area contributed by atoms with E-state index in [-0.39, 0.29) is 11.6 Å². The molecule has 1 aliphatic rings. The number of rotatable bonds is 3. The van der Waals surface area contributed by atoms with Crippen molar-refractivity contribution >= 4 is 40.8 Å². The molecule has 2 heterocycles. The first kappa shape index (κ1) is 19.8. The van der Waals surface area contributed by atoms with Crippen molar-refractivity contribution in [1.82, 2.24) is 4.98 Å². The summed E-state index contributed by atoms with van der Waals surface area (Å²) < 4.78 is 38.6. The number of halogens is 4. The average Bonchev–Trinajstić information content (AvgIpc) is 3.12. The largest absolute Gasteiger partial charge is 0.416 e. The standard InChI is InChI=1S/C22H15ClF3N3O/c1-13-5-6-14-11-19(21(30)27-17-4-2-3-16(23)12-17)28-20(14)29(13)18-9-7-15(8-10-18)22(24,25)26/h2-12,28H,1H2,(H,27,30). The van der Waals surface area contributed by atoms with E-state index in [1.54, 1.807) is 47.4 Å². The van der Waals surface area contributed by atoms with Gasteiger partial charge in [-0.15, -0.1) is 0 Å². The molecule has 0 unspecified atom stereocenters. The summed E-state index contributed by atoms with van der Waals surface area (Å²) in [5.41, 5.74) is 1.83. The van der Waals surface area contributed by atoms with E-state index in [9.17, 15) is 18.0 Å². The van der Waals surface area contributed by atoms with Gasteiger partial charge in [0.25, 0.3) is 5.91 Å². The van der Waals surface area contributed by atoms with Gasteiger partial charge < -0.3 is 10.3 Å². The van der Waals surface area contributed by atoms with Gasteiger partial charge in [0.15, 0.2) is 0 Å². The van der Waals surface area contributed by atoms with E-state index in [1.807, 2.05) is 0 Å². The predicted molar refractivity (Wildman–Crippen MR) is 112 cm³/mol. The molecule has 0 aliphatic carbocycles. The number of alkyl halides is 3. The lowest BCUT2D eigenvalue weighted by molar-refractivity contribution is -0.137. The van der Waals surface area contributed by atoms with E-state index in [0.717, 1.165) is 12.1 Å². The molecule has 1 aliphatic heterocycles. The van der Waals surface area contributed by atoms with Crippen molar-refractivity contribution in [2.75, 3.05) is 10.2 Å². The highest BCUT2D eigenvalue weighted by Crippen LogP contribution is 2.38. The smallest absolute Gasteiger partial charge is 0.336 e. The van der Waals surface area contributed by atoms with E-state index in [2.05, 4.69) is 16.9 Å². The number of nitrogens with one attached hydrogen (secondary N) is 2. The third-order valence-electron chi connectivity index (χ3n) is 4.57. The molecule has 4 nitrogen and oxygen atoms in total. The summed E-state index contributed by atoms with van der Waals surface area (Å²) in [4.78, 5) is 17.3. The molecule has 30 heavy (non-hydrogen) atoms. The van der Waals surface area contributed by atoms with E-state index in [0.29, 0.717) is 33.5 Å². The highest BCUT2D eigenvalue weighted by Gasteiger charge is 2.31. The van der Waals surface area contributed by atoms with Gasteiger partial charge in [0.1, 0.15) is 11.5 Å². The fraction of sp³-hybridized carbons (Fsp3) is 0.0455. The summed E-state index contributed by atoms with van der Waals surface area (Å²) in [6, 6.07) is 13.2. The third kappa shape index (κ3) is 3.84. The van der Waals surface area contributed by atoms with Crippen LogP contribution in [0.3, 0.4) is 0 Å². The van der Waals surface area contributed by atoms with Crippen molar-refractivity contribution in [2.24, 2.45) is 0 Å². The quantitative estimate of drug-likeness (QED) is 0.491. The fourth-order valence-corrected chi connectivity index (χ4v) is 3.35. The van der Waals surface area contributed by atoms with E-state index in [4.69, 9.17) is 11.6 Å². The Bertz CT molecular complexity index is 1160. The second kappa shape index (κ2) is 7.42. The van der Waals surface area contributed by atoms with Crippen molar-refractivity contribution < 1.29 is 18.0 Å². The van der Waals surface area contributed by atoms with Crippen LogP contribution in [0.15, 0.2) is 72.9 Å². The highest BCUT2D eigenvalue weighted by molar-refractivity contribution is 6.31. The van der Waals surface area contributed by atoms with Crippen LogP contribution >= 0.6 is 11.6 Å². The summed E-state index contributed by atoms with van der Waals surface area (Å²) in [5.74, 6) is 0.163. The number of H-pyrrole nitrogens is 1. The Morgan fingerprint density at radius 3 is 2.47 bits per heavy atom. The Balaban J connectivity index is 1.64. The summed E-state index contributed by atoms with van der Waals surface area (Å²) in [6.07, 6.45) is -0.905. The van der Waals surface area contributed by atoms with Crippen molar-refractivity contribution in [3.05, 3.63) is 94.8 Å². The van der Waals surface area contributed by atoms with Crippen LogP contribution < -0.4 is 10.2 Å². The van der Waals surface area contributed by atoms with E-state index < -0.39 is 11.7 Å². The number of hydrogen-bond donors (Lipinski definition) is 2. The van der Waals surface area contributed by atoms with Crippen LogP contribution in [0, 0.1) is 0 Å². The molecule has 0 fully saturated rings. The number of allylic oxidation sites excluding steroid dienone is 1. The lowest BCUT2D eigenvalue weighted by Crippen LogP contribution is -2.18. The number of carbonyl (C=O) groups excluding carboxylic acids is 1. The number of fused-ring (bicyclic) bond motifs is 1. The molecule has 152 valence electrons. The molecule has 2 N–H and O–H groups in total. The van der Waals surface area contributed by atoms with Crippen LogP contribution in [0.1, 0.15) is 21.6 Å². The molecule has 0 spiro atoms. The number of hydrogen-bond acceptors (Lipinski definition) is 2. The molecule has 0 saturated carbocycles. The maximum absolute atomic E-state index is 12.9. The Hall–Kier alpha value is -3.45. The third-order valence-corrected chi connectivity index (χ3v) is 4.81. The normalized spacial score (nSPS) is 13.3. The first-order valence-electron chi connectivity index (χ1n) is 8.87. The zero-order chi connectivity index (χ0) is 21.5. The molecular weight excluding hydrogens is 415 g/mol. The molecule has 0 bridgehead atoms. The number of anilines is 3. The summed E-state index contributed by atoms with van der Waals surface area (Å²) in [7, 11) is 0. The Labute approximate surface area is 175 Å². The number of nitrogens with zero attached hydrogens (tertiary/aromatic N) is 1. The molecule has 1 amide bonds. The molecule has 0 radical (unpaired) electrons. The first-order chi connectivity index (χ1) is 14.2. The molecule has 3 aromatic rings. The molecule has 4 rings (SSSR count). The topological polar surface area (TPSA) is 48.1 Å². The minimum atomic E-state index is -4.42. The highest BCUT2D eigenvalue weighted by atomic mass is 35.5. The first-order valence-corrected chi connectivity index (χ1v) is 9.24. The predicted octanol–water partition coefficient (Wildman–Crippen LogP) is 6.62. The second-order valence-corrected chi connectivity index (χ2v) is 7.09. The van der Waals surface area contributed by atoms with E-state index in [1.165, 1.54) is 12.1 Å². The van der Waals surface area contributed by atoms with Gasteiger partial charge in [0.2, 0.25) is 0 Å². The SMILES string of the molecule is C=C1C=Cc2cc(C(=O)Nc3cccc(Cl)c3)[nH]c2N1c1ccc(C(F)(F)F)cc1. The number of amides is 1. The maximum Gasteiger partial charge on any atom is 0.416 e. The summed E-state index contributed by atoms with van der Waals surface area (Å²) in [6.45, 7) is 3.96. The number of aromatic nitrogens is 1. The Morgan fingerprint density at radius 1 is 1.07 bits per heavy atom. The van der Waals surface area contributed by atoms with Crippen molar-refractivity contribution in [1.29, 1.82) is 0 Å². The number of carbonyl (C=O) groups is 1. The molecule has 0 atom stereocenters. The van der Waals surface area contributed by atoms with Crippen LogP contribution in [0.2, 0.25) is 5.02 Å². The van der Waals surface area contributed by atoms with Gasteiger partial charge in [-0.25, -0.2) is 0 Å². The zero-order valence-corrected chi connectivity index (χ0v) is 16.2. The maximum atomic E-state index is 12.9. The van der Waals surface area contributed by atoms with Crippen LogP contribution in [-0.2, 0) is 6.18 Å². The molecule has 8 heteroatoms. The molecule has 2 aromatic carbocycles. The van der Waals surface area contributed by atoms with Crippen LogP contribution in [0.25, 0.3) is 6.08 Å². The van der Waals surface area contributed by atoms with Crippen LogP contribution in [0.4, 0.5) is 30.4 Å². The zero-order valence-electron chi connectivity index (χ0n) is 15.4. The minimum absolute atomic E-state index is 0.288. The van der Waals surface area contributed by atoms with Gasteiger partial charge in [-0.1, -0.05) is 24.2 Å². The van der Waals surface area contributed by atoms with Gasteiger partial charge in [-0.05, 0) is 60.7 Å². The van der Waals surface area contributed by atoms with Gasteiger partial charge in [0, 0.05) is 27.7 Å². The van der Waals surface area contributed by atoms with Crippen LogP contribution in [-0.4, -0.2) is 10.9 Å². The van der Waals surface area contributed by atoms with E-state index >= 15 is 0 Å². The molecule has 1 aromatic heterocycles. The van der Waals surface area contributed by atoms with Crippen molar-refractivity contribution in [2.45, 2.75) is 6.18 Å². The lowest BCUT2D eigenvalue weighted by atomic mass is 10.1. The van der Waals surface area contributed by atoms with Crippen molar-refractivity contribution in [3.63, 3.8) is 0 Å². The van der Waals surface area contributed by atoms with Gasteiger partial charge in [-0.2, -0.15) is 13.2 Å².